The van der Waals surface area contributed by atoms with Crippen LogP contribution in [-0.4, -0.2) is 21.9 Å². The van der Waals surface area contributed by atoms with Crippen molar-refractivity contribution in [2.24, 2.45) is 11.8 Å². The van der Waals surface area contributed by atoms with Gasteiger partial charge < -0.3 is 10.4 Å². The molecule has 1 aromatic rings. The number of nitro benzene ring substituents is 1. The summed E-state index contributed by atoms with van der Waals surface area (Å²) in [5.41, 5.74) is 0.979. The number of rotatable bonds is 4. The van der Waals surface area contributed by atoms with Gasteiger partial charge in [-0.3, -0.25) is 19.7 Å². The van der Waals surface area contributed by atoms with E-state index < -0.39 is 22.7 Å². The highest BCUT2D eigenvalue weighted by Gasteiger charge is 2.48. The van der Waals surface area contributed by atoms with Gasteiger partial charge in [-0.15, -0.1) is 0 Å². The van der Waals surface area contributed by atoms with E-state index in [0.717, 1.165) is 0 Å². The van der Waals surface area contributed by atoms with Crippen LogP contribution in [0.4, 0.5) is 11.4 Å². The summed E-state index contributed by atoms with van der Waals surface area (Å²) in [5, 5.41) is 21.9. The number of carboxylic acids is 1. The number of benzene rings is 1. The quantitative estimate of drug-likeness (QED) is 0.633. The number of carbonyl (C=O) groups is 2. The summed E-state index contributed by atoms with van der Waals surface area (Å²) in [7, 11) is 0. The Morgan fingerprint density at radius 2 is 2.11 bits per heavy atom. The number of nitro groups is 1. The molecule has 0 spiro atoms. The Bertz CT molecular complexity index is 569. The topological polar surface area (TPSA) is 110 Å². The smallest absolute Gasteiger partial charge is 0.307 e. The molecule has 1 aliphatic rings. The minimum absolute atomic E-state index is 0.0506. The molecule has 1 fully saturated rings. The summed E-state index contributed by atoms with van der Waals surface area (Å²) in [6.07, 6.45) is 0.340. The number of hydrogen-bond donors (Lipinski definition) is 2. The Kier molecular flexibility index (Phi) is 3.20. The van der Waals surface area contributed by atoms with Crippen molar-refractivity contribution in [3.8, 4) is 0 Å². The largest absolute Gasteiger partial charge is 0.481 e. The molecule has 0 radical (unpaired) electrons. The van der Waals surface area contributed by atoms with Crippen LogP contribution < -0.4 is 5.32 Å². The lowest BCUT2D eigenvalue weighted by molar-refractivity contribution is -0.384. The van der Waals surface area contributed by atoms with E-state index in [4.69, 9.17) is 5.11 Å². The molecule has 2 rings (SSSR count). The van der Waals surface area contributed by atoms with Crippen molar-refractivity contribution in [1.82, 2.24) is 0 Å². The van der Waals surface area contributed by atoms with Gasteiger partial charge in [0, 0.05) is 17.8 Å². The number of amides is 1. The van der Waals surface area contributed by atoms with Crippen LogP contribution in [0.1, 0.15) is 12.0 Å². The van der Waals surface area contributed by atoms with Crippen molar-refractivity contribution < 1.29 is 19.6 Å². The third-order valence-electron chi connectivity index (χ3n) is 3.12. The van der Waals surface area contributed by atoms with Gasteiger partial charge in [-0.1, -0.05) is 0 Å². The van der Waals surface area contributed by atoms with Gasteiger partial charge >= 0.3 is 5.97 Å². The van der Waals surface area contributed by atoms with Crippen molar-refractivity contribution in [2.45, 2.75) is 13.3 Å². The Labute approximate surface area is 108 Å². The molecule has 2 atom stereocenters. The van der Waals surface area contributed by atoms with E-state index in [1.54, 1.807) is 6.92 Å². The predicted molar refractivity (Wildman–Crippen MR) is 65.7 cm³/mol. The Balaban J connectivity index is 2.06. The van der Waals surface area contributed by atoms with Gasteiger partial charge in [0.15, 0.2) is 0 Å². The molecule has 1 amide bonds. The summed E-state index contributed by atoms with van der Waals surface area (Å²) in [6, 6.07) is 4.10. The van der Waals surface area contributed by atoms with Gasteiger partial charge in [0.05, 0.1) is 16.8 Å². The maximum absolute atomic E-state index is 11.8. The molecule has 2 N–H and O–H groups in total. The fourth-order valence-corrected chi connectivity index (χ4v) is 1.88. The lowest BCUT2D eigenvalue weighted by atomic mass is 10.1. The number of non-ortho nitro benzene ring substituents is 1. The summed E-state index contributed by atoms with van der Waals surface area (Å²) in [5.74, 6) is -2.45. The second-order valence-corrected chi connectivity index (χ2v) is 4.53. The van der Waals surface area contributed by atoms with Crippen molar-refractivity contribution in [3.63, 3.8) is 0 Å². The lowest BCUT2D eigenvalue weighted by Crippen LogP contribution is -2.17. The average molecular weight is 264 g/mol. The predicted octanol–water partition coefficient (Wildman–Crippen LogP) is 1.56. The average Bonchev–Trinajstić information content (AvgIpc) is 3.11. The second kappa shape index (κ2) is 4.68. The summed E-state index contributed by atoms with van der Waals surface area (Å²) < 4.78 is 0. The maximum atomic E-state index is 11.8. The molecule has 7 nitrogen and oxygen atoms in total. The van der Waals surface area contributed by atoms with Crippen LogP contribution in [0.2, 0.25) is 0 Å². The molecule has 0 aromatic heterocycles. The van der Waals surface area contributed by atoms with Crippen LogP contribution in [0.3, 0.4) is 0 Å². The van der Waals surface area contributed by atoms with E-state index >= 15 is 0 Å². The van der Waals surface area contributed by atoms with Crippen molar-refractivity contribution >= 4 is 23.3 Å². The number of carbonyl (C=O) groups excluding carboxylic acids is 1. The summed E-state index contributed by atoms with van der Waals surface area (Å²) in [4.78, 5) is 32.5. The van der Waals surface area contributed by atoms with Crippen LogP contribution in [0, 0.1) is 28.9 Å². The molecular weight excluding hydrogens is 252 g/mol. The highest BCUT2D eigenvalue weighted by Crippen LogP contribution is 2.39. The van der Waals surface area contributed by atoms with Crippen LogP contribution in [0.15, 0.2) is 18.2 Å². The zero-order valence-electron chi connectivity index (χ0n) is 10.1. The normalized spacial score (nSPS) is 20.7. The van der Waals surface area contributed by atoms with E-state index in [9.17, 15) is 19.7 Å². The minimum Gasteiger partial charge on any atom is -0.481 e. The number of aliphatic carboxylic acids is 1. The van der Waals surface area contributed by atoms with Gasteiger partial charge in [0.2, 0.25) is 5.91 Å². The van der Waals surface area contributed by atoms with Crippen molar-refractivity contribution in [1.29, 1.82) is 0 Å². The Hall–Kier alpha value is -2.44. The first-order valence-corrected chi connectivity index (χ1v) is 5.69. The fourth-order valence-electron chi connectivity index (χ4n) is 1.88. The monoisotopic (exact) mass is 264 g/mol. The SMILES string of the molecule is Cc1cc([N+](=O)[O-])ccc1NC(=O)C1CC1C(=O)O. The van der Waals surface area contributed by atoms with Crippen molar-refractivity contribution in [2.75, 3.05) is 5.32 Å². The molecule has 100 valence electrons. The number of aryl methyl sites for hydroxylation is 1. The molecular formula is C12H12N2O5. The molecule has 0 aliphatic heterocycles. The molecule has 7 heteroatoms. The second-order valence-electron chi connectivity index (χ2n) is 4.53. The number of nitrogens with one attached hydrogen (secondary N) is 1. The van der Waals surface area contributed by atoms with Gasteiger partial charge in [-0.2, -0.15) is 0 Å². The molecule has 0 heterocycles. The first kappa shape index (κ1) is 13.0. The standard InChI is InChI=1S/C12H12N2O5/c1-6-4-7(14(18)19)2-3-10(6)13-11(15)8-5-9(8)12(16)17/h2-4,8-9H,5H2,1H3,(H,13,15)(H,16,17). The van der Waals surface area contributed by atoms with Gasteiger partial charge in [-0.05, 0) is 25.0 Å². The fraction of sp³-hybridized carbons (Fsp3) is 0.333. The van der Waals surface area contributed by atoms with Crippen LogP contribution in [0.25, 0.3) is 0 Å². The van der Waals surface area contributed by atoms with Crippen LogP contribution in [-0.2, 0) is 9.59 Å². The number of hydrogen-bond acceptors (Lipinski definition) is 4. The zero-order chi connectivity index (χ0) is 14.2. The molecule has 1 aromatic carbocycles. The van der Waals surface area contributed by atoms with Gasteiger partial charge in [-0.25, -0.2) is 0 Å². The van der Waals surface area contributed by atoms with E-state index in [2.05, 4.69) is 5.32 Å². The Morgan fingerprint density at radius 1 is 1.42 bits per heavy atom. The zero-order valence-corrected chi connectivity index (χ0v) is 10.1. The van der Waals surface area contributed by atoms with Crippen LogP contribution >= 0.6 is 0 Å². The van der Waals surface area contributed by atoms with Crippen molar-refractivity contribution in [3.05, 3.63) is 33.9 Å². The summed E-state index contributed by atoms with van der Waals surface area (Å²) in [6.45, 7) is 1.64. The molecule has 0 bridgehead atoms. The Morgan fingerprint density at radius 3 is 2.58 bits per heavy atom. The lowest BCUT2D eigenvalue weighted by Gasteiger charge is -2.07. The highest BCUT2D eigenvalue weighted by atomic mass is 16.6. The number of nitrogens with zero attached hydrogens (tertiary/aromatic N) is 1. The van der Waals surface area contributed by atoms with E-state index in [-0.39, 0.29) is 11.6 Å². The molecule has 1 saturated carbocycles. The maximum Gasteiger partial charge on any atom is 0.307 e. The first-order valence-electron chi connectivity index (χ1n) is 5.69. The van der Waals surface area contributed by atoms with Crippen LogP contribution in [0.5, 0.6) is 0 Å². The molecule has 19 heavy (non-hydrogen) atoms. The third-order valence-corrected chi connectivity index (χ3v) is 3.12. The van der Waals surface area contributed by atoms with E-state index in [1.807, 2.05) is 0 Å². The minimum atomic E-state index is -0.972. The molecule has 1 aliphatic carbocycles. The molecule has 2 unspecified atom stereocenters. The number of carboxylic acid groups (broad SMARTS) is 1. The third kappa shape index (κ3) is 2.70. The first-order chi connectivity index (χ1) is 8.90. The van der Waals surface area contributed by atoms with Gasteiger partial charge in [0.1, 0.15) is 0 Å². The summed E-state index contributed by atoms with van der Waals surface area (Å²) >= 11 is 0. The number of anilines is 1. The van der Waals surface area contributed by atoms with E-state index in [1.165, 1.54) is 18.2 Å². The highest BCUT2D eigenvalue weighted by molar-refractivity contribution is 5.98. The van der Waals surface area contributed by atoms with E-state index in [0.29, 0.717) is 17.7 Å². The van der Waals surface area contributed by atoms with Gasteiger partial charge in [0.25, 0.3) is 5.69 Å². The molecule has 0 saturated heterocycles.